The zero-order valence-corrected chi connectivity index (χ0v) is 8.45. The van der Waals surface area contributed by atoms with E-state index in [0.717, 1.165) is 12.1 Å². The molecule has 0 aliphatic carbocycles. The van der Waals surface area contributed by atoms with Gasteiger partial charge in [-0.25, -0.2) is 4.79 Å². The van der Waals surface area contributed by atoms with E-state index in [2.05, 4.69) is 4.74 Å². The number of esters is 1. The number of carbonyl (C=O) groups excluding carboxylic acids is 1. The van der Waals surface area contributed by atoms with Gasteiger partial charge in [0.2, 0.25) is 5.75 Å². The van der Waals surface area contributed by atoms with Crippen molar-refractivity contribution in [3.63, 3.8) is 0 Å². The molecule has 1 aromatic rings. The van der Waals surface area contributed by atoms with Crippen molar-refractivity contribution < 1.29 is 27.6 Å². The lowest BCUT2D eigenvalue weighted by atomic mass is 10.2. The van der Waals surface area contributed by atoms with Gasteiger partial charge in [-0.2, -0.15) is 13.2 Å². The van der Waals surface area contributed by atoms with Crippen molar-refractivity contribution in [2.75, 3.05) is 0 Å². The van der Waals surface area contributed by atoms with Crippen molar-refractivity contribution in [2.45, 2.75) is 13.1 Å². The summed E-state index contributed by atoms with van der Waals surface area (Å²) in [6.45, 7) is 1.52. The normalized spacial score (nSPS) is 11.1. The average Bonchev–Trinajstić information content (AvgIpc) is 2.18. The van der Waals surface area contributed by atoms with Crippen molar-refractivity contribution >= 4 is 11.7 Å². The van der Waals surface area contributed by atoms with Crippen LogP contribution in [-0.2, 0) is 4.79 Å². The Labute approximate surface area is 93.0 Å². The van der Waals surface area contributed by atoms with Crippen LogP contribution in [0.15, 0.2) is 18.2 Å². The van der Waals surface area contributed by atoms with Gasteiger partial charge in [-0.1, -0.05) is 6.07 Å². The highest BCUT2D eigenvalue weighted by atomic mass is 19.4. The molecule has 92 valence electrons. The summed E-state index contributed by atoms with van der Waals surface area (Å²) in [6, 6.07) is 3.25. The van der Waals surface area contributed by atoms with Crippen molar-refractivity contribution in [2.24, 2.45) is 0 Å². The fraction of sp³-hybridized carbons (Fsp3) is 0.222. The van der Waals surface area contributed by atoms with Gasteiger partial charge < -0.3 is 4.74 Å². The Morgan fingerprint density at radius 1 is 1.41 bits per heavy atom. The summed E-state index contributed by atoms with van der Waals surface area (Å²) in [5.74, 6) is -3.23. The van der Waals surface area contributed by atoms with Crippen molar-refractivity contribution in [3.8, 4) is 5.75 Å². The molecule has 1 rings (SSSR count). The van der Waals surface area contributed by atoms with E-state index in [1.165, 1.54) is 13.0 Å². The van der Waals surface area contributed by atoms with E-state index in [1.807, 2.05) is 0 Å². The molecule has 0 spiro atoms. The zero-order valence-electron chi connectivity index (χ0n) is 8.45. The molecule has 0 unspecified atom stereocenters. The standard InChI is InChI=1S/C9H6F3NO4/c1-5-2-3-7(6(4-5)13(15)16)17-8(14)9(10,11)12/h2-4H,1H3. The van der Waals surface area contributed by atoms with Gasteiger partial charge >= 0.3 is 17.8 Å². The van der Waals surface area contributed by atoms with Crippen LogP contribution in [-0.4, -0.2) is 17.1 Å². The maximum absolute atomic E-state index is 11.9. The average molecular weight is 249 g/mol. The van der Waals surface area contributed by atoms with E-state index >= 15 is 0 Å². The second kappa shape index (κ2) is 4.40. The number of nitro groups is 1. The third-order valence-corrected chi connectivity index (χ3v) is 1.75. The SMILES string of the molecule is Cc1ccc(OC(=O)C(F)(F)F)c([N+](=O)[O-])c1. The first-order valence-electron chi connectivity index (χ1n) is 4.26. The highest BCUT2D eigenvalue weighted by Gasteiger charge is 2.42. The number of benzene rings is 1. The third kappa shape index (κ3) is 3.16. The molecule has 0 bridgehead atoms. The Bertz CT molecular complexity index is 470. The van der Waals surface area contributed by atoms with Crippen LogP contribution >= 0.6 is 0 Å². The van der Waals surface area contributed by atoms with Gasteiger partial charge in [-0.15, -0.1) is 0 Å². The van der Waals surface area contributed by atoms with Gasteiger partial charge in [0, 0.05) is 6.07 Å². The molecule has 0 atom stereocenters. The van der Waals surface area contributed by atoms with Crippen LogP contribution in [0, 0.1) is 17.0 Å². The molecule has 1 aromatic carbocycles. The lowest BCUT2D eigenvalue weighted by Crippen LogP contribution is -2.28. The molecule has 0 fully saturated rings. The van der Waals surface area contributed by atoms with Crippen LogP contribution < -0.4 is 4.74 Å². The number of rotatable bonds is 2. The number of halogens is 3. The summed E-state index contributed by atoms with van der Waals surface area (Å²) in [6.07, 6.45) is -5.20. The van der Waals surface area contributed by atoms with E-state index < -0.39 is 28.5 Å². The third-order valence-electron chi connectivity index (χ3n) is 1.75. The van der Waals surface area contributed by atoms with Crippen LogP contribution in [0.2, 0.25) is 0 Å². The maximum atomic E-state index is 11.9. The summed E-state index contributed by atoms with van der Waals surface area (Å²) < 4.78 is 39.6. The number of nitrogens with zero attached hydrogens (tertiary/aromatic N) is 1. The first-order chi connectivity index (χ1) is 7.71. The molecular weight excluding hydrogens is 243 g/mol. The number of hydrogen-bond donors (Lipinski definition) is 0. The van der Waals surface area contributed by atoms with Gasteiger partial charge in [0.25, 0.3) is 0 Å². The predicted molar refractivity (Wildman–Crippen MR) is 49.5 cm³/mol. The molecule has 0 amide bonds. The minimum absolute atomic E-state index is 0.462. The summed E-state index contributed by atoms with van der Waals surface area (Å²) in [7, 11) is 0. The summed E-state index contributed by atoms with van der Waals surface area (Å²) in [5, 5.41) is 10.5. The first kappa shape index (κ1) is 12.9. The number of ether oxygens (including phenoxy) is 1. The molecule has 0 saturated carbocycles. The maximum Gasteiger partial charge on any atom is 0.491 e. The van der Waals surface area contributed by atoms with Crippen molar-refractivity contribution in [1.29, 1.82) is 0 Å². The number of carbonyl (C=O) groups is 1. The van der Waals surface area contributed by atoms with Crippen LogP contribution in [0.5, 0.6) is 5.75 Å². The van der Waals surface area contributed by atoms with Gasteiger partial charge in [0.05, 0.1) is 4.92 Å². The number of nitro benzene ring substituents is 1. The molecule has 0 N–H and O–H groups in total. The van der Waals surface area contributed by atoms with Gasteiger partial charge in [0.15, 0.2) is 0 Å². The van der Waals surface area contributed by atoms with E-state index in [-0.39, 0.29) is 0 Å². The predicted octanol–water partition coefficient (Wildman–Crippen LogP) is 2.37. The van der Waals surface area contributed by atoms with Crippen molar-refractivity contribution in [1.82, 2.24) is 0 Å². The largest absolute Gasteiger partial charge is 0.491 e. The topological polar surface area (TPSA) is 69.4 Å². The minimum Gasteiger partial charge on any atom is -0.412 e. The number of hydrogen-bond acceptors (Lipinski definition) is 4. The Balaban J connectivity index is 3.07. The van der Waals surface area contributed by atoms with Gasteiger partial charge in [0.1, 0.15) is 0 Å². The van der Waals surface area contributed by atoms with Crippen LogP contribution in [0.3, 0.4) is 0 Å². The van der Waals surface area contributed by atoms with E-state index in [1.54, 1.807) is 0 Å². The van der Waals surface area contributed by atoms with Crippen LogP contribution in [0.4, 0.5) is 18.9 Å². The van der Waals surface area contributed by atoms with E-state index in [9.17, 15) is 28.1 Å². The molecule has 0 radical (unpaired) electrons. The molecule has 0 aliphatic heterocycles. The number of aryl methyl sites for hydroxylation is 1. The molecule has 0 aliphatic rings. The molecule has 5 nitrogen and oxygen atoms in total. The molecular formula is C9H6F3NO4. The molecule has 0 saturated heterocycles. The molecule has 0 heterocycles. The smallest absolute Gasteiger partial charge is 0.412 e. The highest BCUT2D eigenvalue weighted by molar-refractivity contribution is 5.79. The fourth-order valence-corrected chi connectivity index (χ4v) is 1.01. The summed E-state index contributed by atoms with van der Waals surface area (Å²) >= 11 is 0. The summed E-state index contributed by atoms with van der Waals surface area (Å²) in [4.78, 5) is 20.1. The van der Waals surface area contributed by atoms with Crippen LogP contribution in [0.25, 0.3) is 0 Å². The van der Waals surface area contributed by atoms with Crippen LogP contribution in [0.1, 0.15) is 5.56 Å². The lowest BCUT2D eigenvalue weighted by molar-refractivity contribution is -0.385. The van der Waals surface area contributed by atoms with Gasteiger partial charge in [-0.3, -0.25) is 10.1 Å². The summed E-state index contributed by atoms with van der Waals surface area (Å²) in [5.41, 5.74) is -0.230. The Kier molecular flexibility index (Phi) is 3.35. The number of alkyl halides is 3. The Morgan fingerprint density at radius 2 is 2.00 bits per heavy atom. The first-order valence-corrected chi connectivity index (χ1v) is 4.26. The molecule has 17 heavy (non-hydrogen) atoms. The second-order valence-corrected chi connectivity index (χ2v) is 3.12. The quantitative estimate of drug-likeness (QED) is 0.349. The molecule has 0 aromatic heterocycles. The monoisotopic (exact) mass is 249 g/mol. The fourth-order valence-electron chi connectivity index (χ4n) is 1.01. The van der Waals surface area contributed by atoms with Gasteiger partial charge in [-0.05, 0) is 18.6 Å². The minimum atomic E-state index is -5.20. The Morgan fingerprint density at radius 3 is 2.47 bits per heavy atom. The highest BCUT2D eigenvalue weighted by Crippen LogP contribution is 2.29. The Hall–Kier alpha value is -2.12. The van der Waals surface area contributed by atoms with E-state index in [0.29, 0.717) is 5.56 Å². The zero-order chi connectivity index (χ0) is 13.2. The lowest BCUT2D eigenvalue weighted by Gasteiger charge is -2.07. The van der Waals surface area contributed by atoms with Crippen molar-refractivity contribution in [3.05, 3.63) is 33.9 Å². The van der Waals surface area contributed by atoms with E-state index in [4.69, 9.17) is 0 Å². The molecule has 8 heteroatoms. The second-order valence-electron chi connectivity index (χ2n) is 3.12.